The van der Waals surface area contributed by atoms with Gasteiger partial charge in [-0.05, 0) is 31.6 Å². The number of hydrogen-bond acceptors (Lipinski definition) is 4. The third-order valence-electron chi connectivity index (χ3n) is 4.44. The number of aromatic nitrogens is 2. The van der Waals surface area contributed by atoms with E-state index in [1.54, 1.807) is 0 Å². The molecule has 0 aliphatic heterocycles. The van der Waals surface area contributed by atoms with Crippen LogP contribution in [-0.4, -0.2) is 26.6 Å². The Morgan fingerprint density at radius 3 is 2.67 bits per heavy atom. The van der Waals surface area contributed by atoms with E-state index in [4.69, 9.17) is 0 Å². The zero-order valence-corrected chi connectivity index (χ0v) is 12.6. The molecule has 1 aliphatic rings. The Kier molecular flexibility index (Phi) is 4.65. The predicted molar refractivity (Wildman–Crippen MR) is 80.5 cm³/mol. The maximum Gasteiger partial charge on any atom is 0.329 e. The number of carboxylic acid groups (broad SMARTS) is 1. The van der Waals surface area contributed by atoms with Gasteiger partial charge >= 0.3 is 5.97 Å². The van der Waals surface area contributed by atoms with Gasteiger partial charge in [-0.25, -0.2) is 9.78 Å². The molecular weight excluding hydrogens is 270 g/mol. The van der Waals surface area contributed by atoms with Crippen molar-refractivity contribution in [1.82, 2.24) is 9.97 Å². The van der Waals surface area contributed by atoms with E-state index in [9.17, 15) is 14.7 Å². The number of rotatable bonds is 5. The van der Waals surface area contributed by atoms with Gasteiger partial charge in [0.2, 0.25) is 0 Å². The first kappa shape index (κ1) is 15.5. The van der Waals surface area contributed by atoms with Crippen LogP contribution >= 0.6 is 0 Å². The second-order valence-corrected chi connectivity index (χ2v) is 5.79. The molecule has 0 saturated heterocycles. The molecule has 1 fully saturated rings. The molecule has 0 radical (unpaired) electrons. The van der Waals surface area contributed by atoms with Gasteiger partial charge in [-0.3, -0.25) is 4.79 Å². The van der Waals surface area contributed by atoms with Gasteiger partial charge in [-0.2, -0.15) is 0 Å². The normalized spacial score (nSPS) is 25.5. The van der Waals surface area contributed by atoms with Crippen LogP contribution in [0.3, 0.4) is 0 Å². The van der Waals surface area contributed by atoms with Crippen molar-refractivity contribution < 1.29 is 9.90 Å². The van der Waals surface area contributed by atoms with Crippen LogP contribution in [0.25, 0.3) is 0 Å². The number of H-pyrrole nitrogens is 1. The topological polar surface area (TPSA) is 95.1 Å². The Morgan fingerprint density at radius 1 is 1.48 bits per heavy atom. The van der Waals surface area contributed by atoms with E-state index in [0.29, 0.717) is 36.8 Å². The minimum absolute atomic E-state index is 0.257. The lowest BCUT2D eigenvalue weighted by Gasteiger charge is -2.37. The van der Waals surface area contributed by atoms with Crippen molar-refractivity contribution in [3.8, 4) is 0 Å². The van der Waals surface area contributed by atoms with Crippen molar-refractivity contribution >= 4 is 11.8 Å². The smallest absolute Gasteiger partial charge is 0.329 e. The molecule has 0 amide bonds. The van der Waals surface area contributed by atoms with E-state index in [1.165, 1.54) is 6.07 Å². The van der Waals surface area contributed by atoms with Crippen LogP contribution in [0.1, 0.15) is 51.8 Å². The Hall–Kier alpha value is -1.85. The number of hydrogen-bond donors (Lipinski definition) is 3. The first-order valence-electron chi connectivity index (χ1n) is 7.61. The average Bonchev–Trinajstić information content (AvgIpc) is 2.47. The molecule has 1 aromatic rings. The van der Waals surface area contributed by atoms with Crippen molar-refractivity contribution in [1.29, 1.82) is 0 Å². The van der Waals surface area contributed by atoms with Crippen LogP contribution < -0.4 is 10.9 Å². The van der Waals surface area contributed by atoms with Crippen molar-refractivity contribution in [2.24, 2.45) is 5.92 Å². The number of anilines is 1. The summed E-state index contributed by atoms with van der Waals surface area (Å²) < 4.78 is 0. The number of aliphatic carboxylic acids is 1. The highest BCUT2D eigenvalue weighted by Crippen LogP contribution is 2.36. The third kappa shape index (κ3) is 3.43. The van der Waals surface area contributed by atoms with E-state index >= 15 is 0 Å². The number of aromatic amines is 1. The summed E-state index contributed by atoms with van der Waals surface area (Å²) in [7, 11) is 0. The molecule has 21 heavy (non-hydrogen) atoms. The zero-order valence-electron chi connectivity index (χ0n) is 12.6. The van der Waals surface area contributed by atoms with E-state index in [2.05, 4.69) is 22.2 Å². The molecular formula is C15H23N3O3. The summed E-state index contributed by atoms with van der Waals surface area (Å²) in [4.78, 5) is 30.3. The average molecular weight is 293 g/mol. The zero-order chi connectivity index (χ0) is 15.5. The fourth-order valence-corrected chi connectivity index (χ4v) is 2.96. The van der Waals surface area contributed by atoms with Crippen LogP contribution in [0.4, 0.5) is 5.82 Å². The number of carboxylic acids is 1. The van der Waals surface area contributed by atoms with Crippen LogP contribution in [0.5, 0.6) is 0 Å². The van der Waals surface area contributed by atoms with E-state index < -0.39 is 11.5 Å². The largest absolute Gasteiger partial charge is 0.480 e. The third-order valence-corrected chi connectivity index (χ3v) is 4.44. The van der Waals surface area contributed by atoms with Gasteiger partial charge < -0.3 is 15.4 Å². The summed E-state index contributed by atoms with van der Waals surface area (Å²) in [5, 5.41) is 12.7. The maximum absolute atomic E-state index is 11.7. The van der Waals surface area contributed by atoms with Crippen LogP contribution in [-0.2, 0) is 11.2 Å². The van der Waals surface area contributed by atoms with Gasteiger partial charge in [-0.15, -0.1) is 0 Å². The highest BCUT2D eigenvalue weighted by Gasteiger charge is 2.42. The quantitative estimate of drug-likeness (QED) is 0.773. The maximum atomic E-state index is 11.7. The summed E-state index contributed by atoms with van der Waals surface area (Å²) in [5.74, 6) is 0.649. The fraction of sp³-hybridized carbons (Fsp3) is 0.667. The predicted octanol–water partition coefficient (Wildman–Crippen LogP) is 2.17. The lowest BCUT2D eigenvalue weighted by Crippen LogP contribution is -2.49. The summed E-state index contributed by atoms with van der Waals surface area (Å²) in [6.07, 6.45) is 4.59. The number of carbonyl (C=O) groups is 1. The number of nitrogens with zero attached hydrogens (tertiary/aromatic N) is 1. The Balaban J connectivity index is 2.23. The monoisotopic (exact) mass is 293 g/mol. The molecule has 6 heteroatoms. The lowest BCUT2D eigenvalue weighted by atomic mass is 9.75. The molecule has 1 aliphatic carbocycles. The Bertz CT molecular complexity index is 560. The fourth-order valence-electron chi connectivity index (χ4n) is 2.96. The van der Waals surface area contributed by atoms with Crippen molar-refractivity contribution in [2.75, 3.05) is 5.32 Å². The van der Waals surface area contributed by atoms with Gasteiger partial charge in [0.15, 0.2) is 0 Å². The van der Waals surface area contributed by atoms with E-state index in [1.807, 2.05) is 6.92 Å². The molecule has 3 N–H and O–H groups in total. The molecule has 0 unspecified atom stereocenters. The first-order chi connectivity index (χ1) is 9.99. The molecule has 6 nitrogen and oxygen atoms in total. The molecule has 0 spiro atoms. The van der Waals surface area contributed by atoms with E-state index in [0.717, 1.165) is 19.3 Å². The first-order valence-corrected chi connectivity index (χ1v) is 7.61. The van der Waals surface area contributed by atoms with E-state index in [-0.39, 0.29) is 5.56 Å². The number of nitrogens with one attached hydrogen (secondary N) is 2. The second-order valence-electron chi connectivity index (χ2n) is 5.79. The Morgan fingerprint density at radius 2 is 2.14 bits per heavy atom. The minimum Gasteiger partial charge on any atom is -0.480 e. The molecule has 116 valence electrons. The molecule has 0 bridgehead atoms. The minimum atomic E-state index is -1.00. The second kappa shape index (κ2) is 6.28. The van der Waals surface area contributed by atoms with Crippen LogP contribution in [0.2, 0.25) is 0 Å². The molecule has 1 saturated carbocycles. The molecule has 1 aromatic heterocycles. The highest BCUT2D eigenvalue weighted by molar-refractivity contribution is 5.82. The summed E-state index contributed by atoms with van der Waals surface area (Å²) >= 11 is 0. The Labute approximate surface area is 124 Å². The SMILES string of the molecule is CCc1nc(NC2(C(=O)O)CCC(CC)CC2)cc(=O)[nH]1. The standard InChI is InChI=1S/C15H23N3O3/c1-3-10-5-7-15(8-6-10,14(20)21)18-12-9-13(19)17-11(4-2)16-12/h9-10H,3-8H2,1-2H3,(H,20,21)(H2,16,17,18,19). The highest BCUT2D eigenvalue weighted by atomic mass is 16.4. The summed E-state index contributed by atoms with van der Waals surface area (Å²) in [5.41, 5.74) is -1.26. The van der Waals surface area contributed by atoms with Crippen LogP contribution in [0, 0.1) is 5.92 Å². The van der Waals surface area contributed by atoms with Gasteiger partial charge in [0.05, 0.1) is 0 Å². The van der Waals surface area contributed by atoms with Crippen LogP contribution in [0.15, 0.2) is 10.9 Å². The van der Waals surface area contributed by atoms with Gasteiger partial charge in [-0.1, -0.05) is 20.3 Å². The van der Waals surface area contributed by atoms with Crippen molar-refractivity contribution in [3.05, 3.63) is 22.2 Å². The van der Waals surface area contributed by atoms with Crippen molar-refractivity contribution in [3.63, 3.8) is 0 Å². The van der Waals surface area contributed by atoms with Gasteiger partial charge in [0.1, 0.15) is 17.2 Å². The molecule has 2 rings (SSSR count). The summed E-state index contributed by atoms with van der Waals surface area (Å²) in [6, 6.07) is 1.33. The number of aryl methyl sites for hydroxylation is 1. The molecule has 0 aromatic carbocycles. The molecule has 0 atom stereocenters. The molecule has 1 heterocycles. The lowest BCUT2D eigenvalue weighted by molar-refractivity contribution is -0.143. The summed E-state index contributed by atoms with van der Waals surface area (Å²) in [6.45, 7) is 4.03. The van der Waals surface area contributed by atoms with Crippen molar-refractivity contribution in [2.45, 2.75) is 57.9 Å². The van der Waals surface area contributed by atoms with Gasteiger partial charge in [0, 0.05) is 12.5 Å². The van der Waals surface area contributed by atoms with Gasteiger partial charge in [0.25, 0.3) is 5.56 Å².